The Morgan fingerprint density at radius 3 is 2.31 bits per heavy atom. The number of rotatable bonds is 2. The van der Waals surface area contributed by atoms with E-state index in [4.69, 9.17) is 0 Å². The van der Waals surface area contributed by atoms with Gasteiger partial charge in [-0.2, -0.15) is 12.7 Å². The van der Waals surface area contributed by atoms with Crippen LogP contribution < -0.4 is 0 Å². The first kappa shape index (κ1) is 11.2. The van der Waals surface area contributed by atoms with E-state index < -0.39 is 10.2 Å². The van der Waals surface area contributed by atoms with E-state index in [1.165, 1.54) is 20.3 Å². The highest BCUT2D eigenvalue weighted by Gasteiger charge is 2.19. The lowest BCUT2D eigenvalue weighted by Crippen LogP contribution is -2.28. The smallest absolute Gasteiger partial charge is 0.214 e. The van der Waals surface area contributed by atoms with E-state index in [2.05, 4.69) is 36.8 Å². The molecule has 0 amide bonds. The third-order valence-electron chi connectivity index (χ3n) is 1.31. The van der Waals surface area contributed by atoms with E-state index >= 15 is 0 Å². The molecule has 0 spiro atoms. The highest BCUT2D eigenvalue weighted by atomic mass is 79.9. The van der Waals surface area contributed by atoms with Gasteiger partial charge in [0.25, 0.3) is 0 Å². The van der Waals surface area contributed by atoms with Crippen molar-refractivity contribution in [3.63, 3.8) is 0 Å². The standard InChI is InChI=1S/C5H7Br2N3O2S/c1-9(2)13(11,12)10-3-4(6)8-5(10)7/h3H,1-2H3. The Balaban J connectivity index is 3.31. The average molecular weight is 333 g/mol. The molecule has 0 aliphatic heterocycles. The van der Waals surface area contributed by atoms with Crippen molar-refractivity contribution < 1.29 is 8.42 Å². The summed E-state index contributed by atoms with van der Waals surface area (Å²) in [5, 5.41) is 0. The first-order valence-corrected chi connectivity index (χ1v) is 6.17. The molecule has 0 aromatic carbocycles. The summed E-state index contributed by atoms with van der Waals surface area (Å²) in [4.78, 5) is 3.85. The number of hydrogen-bond donors (Lipinski definition) is 0. The molecule has 1 aromatic heterocycles. The monoisotopic (exact) mass is 331 g/mol. The van der Waals surface area contributed by atoms with Gasteiger partial charge in [-0.05, 0) is 31.9 Å². The lowest BCUT2D eigenvalue weighted by atomic mass is 11.0. The molecule has 0 aliphatic rings. The van der Waals surface area contributed by atoms with Gasteiger partial charge in [0, 0.05) is 14.1 Å². The maximum atomic E-state index is 11.6. The normalized spacial score (nSPS) is 12.4. The number of halogens is 2. The van der Waals surface area contributed by atoms with E-state index in [9.17, 15) is 8.42 Å². The van der Waals surface area contributed by atoms with Crippen LogP contribution in [0.3, 0.4) is 0 Å². The van der Waals surface area contributed by atoms with Gasteiger partial charge in [-0.1, -0.05) is 0 Å². The minimum absolute atomic E-state index is 0.244. The summed E-state index contributed by atoms with van der Waals surface area (Å²) in [6, 6.07) is 0. The van der Waals surface area contributed by atoms with Crippen LogP contribution >= 0.6 is 31.9 Å². The summed E-state index contributed by atoms with van der Waals surface area (Å²) in [7, 11) is -0.568. The lowest BCUT2D eigenvalue weighted by Gasteiger charge is -2.11. The van der Waals surface area contributed by atoms with Crippen molar-refractivity contribution in [1.29, 1.82) is 0 Å². The van der Waals surface area contributed by atoms with Crippen LogP contribution in [0.2, 0.25) is 0 Å². The Labute approximate surface area is 93.2 Å². The van der Waals surface area contributed by atoms with Crippen molar-refractivity contribution >= 4 is 42.1 Å². The van der Waals surface area contributed by atoms with Gasteiger partial charge in [0.15, 0.2) is 4.73 Å². The van der Waals surface area contributed by atoms with E-state index in [0.29, 0.717) is 4.60 Å². The molecule has 1 rings (SSSR count). The fourth-order valence-electron chi connectivity index (χ4n) is 0.654. The molecule has 0 radical (unpaired) electrons. The highest BCUT2D eigenvalue weighted by molar-refractivity contribution is 9.11. The van der Waals surface area contributed by atoms with E-state index in [1.807, 2.05) is 0 Å². The molecule has 0 unspecified atom stereocenters. The van der Waals surface area contributed by atoms with Crippen LogP contribution in [0.5, 0.6) is 0 Å². The molecule has 1 heterocycles. The van der Waals surface area contributed by atoms with Gasteiger partial charge in [0.2, 0.25) is 0 Å². The van der Waals surface area contributed by atoms with Gasteiger partial charge >= 0.3 is 10.2 Å². The summed E-state index contributed by atoms with van der Waals surface area (Å²) in [5.74, 6) is 0. The zero-order chi connectivity index (χ0) is 10.2. The Morgan fingerprint density at radius 1 is 1.46 bits per heavy atom. The predicted octanol–water partition coefficient (Wildman–Crippen LogP) is 1.06. The molecular weight excluding hydrogens is 326 g/mol. The molecule has 0 saturated heterocycles. The van der Waals surface area contributed by atoms with Crippen molar-refractivity contribution in [2.75, 3.05) is 14.1 Å². The zero-order valence-electron chi connectivity index (χ0n) is 6.90. The first-order valence-electron chi connectivity index (χ1n) is 3.19. The van der Waals surface area contributed by atoms with Crippen LogP contribution in [0.1, 0.15) is 0 Å². The molecule has 13 heavy (non-hydrogen) atoms. The van der Waals surface area contributed by atoms with E-state index in [0.717, 1.165) is 8.28 Å². The molecule has 0 bridgehead atoms. The molecule has 0 saturated carbocycles. The van der Waals surface area contributed by atoms with Crippen LogP contribution in [0.15, 0.2) is 15.5 Å². The summed E-state index contributed by atoms with van der Waals surface area (Å²) in [6.07, 6.45) is 1.37. The number of imidazole rings is 1. The van der Waals surface area contributed by atoms with Gasteiger partial charge in [0.05, 0.1) is 6.20 Å². The molecule has 1 aromatic rings. The molecule has 0 aliphatic carbocycles. The van der Waals surface area contributed by atoms with Crippen molar-refractivity contribution in [3.05, 3.63) is 15.5 Å². The zero-order valence-corrected chi connectivity index (χ0v) is 10.9. The van der Waals surface area contributed by atoms with Crippen molar-refractivity contribution in [1.82, 2.24) is 13.3 Å². The largest absolute Gasteiger partial charge is 0.309 e. The fourth-order valence-corrected chi connectivity index (χ4v) is 3.06. The van der Waals surface area contributed by atoms with Gasteiger partial charge < -0.3 is 0 Å². The predicted molar refractivity (Wildman–Crippen MR) is 55.6 cm³/mol. The SMILES string of the molecule is CN(C)S(=O)(=O)n1cc(Br)nc1Br. The van der Waals surface area contributed by atoms with Crippen molar-refractivity contribution in [3.8, 4) is 0 Å². The third-order valence-corrected chi connectivity index (χ3v) is 4.19. The van der Waals surface area contributed by atoms with Crippen molar-refractivity contribution in [2.45, 2.75) is 0 Å². The van der Waals surface area contributed by atoms with Crippen LogP contribution in [0, 0.1) is 0 Å². The van der Waals surface area contributed by atoms with Crippen LogP contribution in [-0.2, 0) is 10.2 Å². The number of hydrogen-bond acceptors (Lipinski definition) is 3. The maximum Gasteiger partial charge on any atom is 0.309 e. The Hall–Kier alpha value is 0.0800. The van der Waals surface area contributed by atoms with E-state index in [1.54, 1.807) is 0 Å². The first-order chi connectivity index (χ1) is 5.85. The Bertz CT molecular complexity index is 411. The van der Waals surface area contributed by atoms with E-state index in [-0.39, 0.29) is 4.73 Å². The van der Waals surface area contributed by atoms with Gasteiger partial charge in [0.1, 0.15) is 4.60 Å². The molecule has 8 heteroatoms. The topological polar surface area (TPSA) is 55.2 Å². The lowest BCUT2D eigenvalue weighted by molar-refractivity contribution is 0.509. The molecule has 74 valence electrons. The Kier molecular flexibility index (Phi) is 3.16. The second kappa shape index (κ2) is 3.68. The molecule has 0 fully saturated rings. The van der Waals surface area contributed by atoms with Gasteiger partial charge in [-0.25, -0.2) is 8.96 Å². The second-order valence-corrected chi connectivity index (χ2v) is 5.96. The van der Waals surface area contributed by atoms with Gasteiger partial charge in [-0.15, -0.1) is 0 Å². The molecule has 5 nitrogen and oxygen atoms in total. The third kappa shape index (κ3) is 2.12. The maximum absolute atomic E-state index is 11.6. The molecule has 0 N–H and O–H groups in total. The van der Waals surface area contributed by atoms with Crippen LogP contribution in [0.25, 0.3) is 0 Å². The second-order valence-electron chi connectivity index (χ2n) is 2.42. The Morgan fingerprint density at radius 2 is 2.00 bits per heavy atom. The molecule has 0 atom stereocenters. The average Bonchev–Trinajstić information content (AvgIpc) is 2.30. The minimum Gasteiger partial charge on any atom is -0.214 e. The quantitative estimate of drug-likeness (QED) is 0.813. The van der Waals surface area contributed by atoms with Crippen molar-refractivity contribution in [2.24, 2.45) is 0 Å². The minimum atomic E-state index is -3.48. The highest BCUT2D eigenvalue weighted by Crippen LogP contribution is 2.17. The fraction of sp³-hybridized carbons (Fsp3) is 0.400. The number of aromatic nitrogens is 2. The van der Waals surface area contributed by atoms with Crippen LogP contribution in [-0.4, -0.2) is 35.8 Å². The number of nitrogens with zero attached hydrogens (tertiary/aromatic N) is 3. The molecular formula is C5H7Br2N3O2S. The van der Waals surface area contributed by atoms with Gasteiger partial charge in [-0.3, -0.25) is 0 Å². The summed E-state index contributed by atoms with van der Waals surface area (Å²) >= 11 is 6.12. The summed E-state index contributed by atoms with van der Waals surface area (Å²) in [6.45, 7) is 0. The van der Waals surface area contributed by atoms with Crippen LogP contribution in [0.4, 0.5) is 0 Å². The summed E-state index contributed by atoms with van der Waals surface area (Å²) < 4.78 is 26.0. The summed E-state index contributed by atoms with van der Waals surface area (Å²) in [5.41, 5.74) is 0.